The fraction of sp³-hybridized carbons (Fsp3) is 0.211. The summed E-state index contributed by atoms with van der Waals surface area (Å²) in [6, 6.07) is 14.4. The van der Waals surface area contributed by atoms with Crippen molar-refractivity contribution in [2.24, 2.45) is 0 Å². The maximum Gasteiger partial charge on any atom is 0.444 e. The minimum absolute atomic E-state index is 0.127. The molecule has 0 saturated carbocycles. The fourth-order valence-corrected chi connectivity index (χ4v) is 2.52. The number of aromatic nitrogens is 2. The first kappa shape index (κ1) is 18.2. The number of amides is 1. The van der Waals surface area contributed by atoms with Crippen LogP contribution in [0.5, 0.6) is 6.08 Å². The van der Waals surface area contributed by atoms with Crippen LogP contribution in [0.15, 0.2) is 57.7 Å². The molecular weight excluding hydrogens is 350 g/mol. The predicted molar refractivity (Wildman–Crippen MR) is 98.3 cm³/mol. The Labute approximate surface area is 155 Å². The number of ether oxygens (including phenoxy) is 2. The Morgan fingerprint density at radius 2 is 1.96 bits per heavy atom. The summed E-state index contributed by atoms with van der Waals surface area (Å²) < 4.78 is 16.1. The number of carbonyl (C=O) groups excluding carboxylic acids is 1. The number of hydrogen-bond donors (Lipinski definition) is 1. The van der Waals surface area contributed by atoms with E-state index in [1.54, 1.807) is 32.0 Å². The van der Waals surface area contributed by atoms with Crippen molar-refractivity contribution in [2.45, 2.75) is 20.0 Å². The molecule has 8 nitrogen and oxygen atoms in total. The van der Waals surface area contributed by atoms with Gasteiger partial charge >= 0.3 is 17.9 Å². The summed E-state index contributed by atoms with van der Waals surface area (Å²) in [5.41, 5.74) is 2.68. The summed E-state index contributed by atoms with van der Waals surface area (Å²) in [5, 5.41) is 6.61. The van der Waals surface area contributed by atoms with Gasteiger partial charge in [-0.15, -0.1) is 0 Å². The molecule has 1 amide bonds. The molecule has 27 heavy (non-hydrogen) atoms. The Morgan fingerprint density at radius 1 is 1.22 bits per heavy atom. The van der Waals surface area contributed by atoms with Crippen molar-refractivity contribution >= 4 is 11.8 Å². The lowest BCUT2D eigenvalue weighted by atomic mass is 10.1. The van der Waals surface area contributed by atoms with E-state index in [2.05, 4.69) is 10.4 Å². The molecule has 0 radical (unpaired) electrons. The van der Waals surface area contributed by atoms with Crippen LogP contribution in [0.25, 0.3) is 5.69 Å². The van der Waals surface area contributed by atoms with Crippen molar-refractivity contribution in [3.8, 4) is 11.8 Å². The molecule has 1 N–H and O–H groups in total. The topological polar surface area (TPSA) is 95.6 Å². The van der Waals surface area contributed by atoms with Crippen molar-refractivity contribution in [1.82, 2.24) is 9.78 Å². The second-order valence-electron chi connectivity index (χ2n) is 5.83. The highest BCUT2D eigenvalue weighted by Gasteiger charge is 2.14. The van der Waals surface area contributed by atoms with Crippen LogP contribution in [0.4, 0.5) is 10.5 Å². The van der Waals surface area contributed by atoms with Crippen molar-refractivity contribution in [1.29, 1.82) is 0 Å². The Morgan fingerprint density at radius 3 is 2.59 bits per heavy atom. The largest absolute Gasteiger partial charge is 0.452 e. The monoisotopic (exact) mass is 369 g/mol. The number of hydrogen-bond acceptors (Lipinski definition) is 6. The Bertz CT molecular complexity index is 994. The van der Waals surface area contributed by atoms with Crippen LogP contribution < -0.4 is 15.8 Å². The number of aryl methyl sites for hydroxylation is 1. The summed E-state index contributed by atoms with van der Waals surface area (Å²) in [7, 11) is 1.36. The average Bonchev–Trinajstić information content (AvgIpc) is 3.05. The first-order valence-electron chi connectivity index (χ1n) is 8.25. The number of carbonyl (C=O) groups is 1. The zero-order valence-electron chi connectivity index (χ0n) is 15.1. The normalized spacial score (nSPS) is 11.7. The van der Waals surface area contributed by atoms with Crippen LogP contribution in [0.2, 0.25) is 0 Å². The van der Waals surface area contributed by atoms with E-state index < -0.39 is 11.8 Å². The molecule has 3 aromatic rings. The number of rotatable bonds is 5. The van der Waals surface area contributed by atoms with Crippen LogP contribution in [0, 0.1) is 6.92 Å². The van der Waals surface area contributed by atoms with Gasteiger partial charge in [0.2, 0.25) is 0 Å². The second-order valence-corrected chi connectivity index (χ2v) is 5.83. The highest BCUT2D eigenvalue weighted by Crippen LogP contribution is 2.21. The minimum atomic E-state index is -0.664. The van der Waals surface area contributed by atoms with Gasteiger partial charge in [0.15, 0.2) is 0 Å². The molecule has 3 rings (SSSR count). The van der Waals surface area contributed by atoms with Gasteiger partial charge in [0.1, 0.15) is 6.10 Å². The van der Waals surface area contributed by atoms with E-state index in [1.165, 1.54) is 7.11 Å². The van der Waals surface area contributed by atoms with Crippen molar-refractivity contribution < 1.29 is 18.7 Å². The van der Waals surface area contributed by atoms with Crippen molar-refractivity contribution in [2.75, 3.05) is 12.4 Å². The summed E-state index contributed by atoms with van der Waals surface area (Å²) in [5.74, 6) is -0.664. The lowest BCUT2D eigenvalue weighted by molar-refractivity contribution is 0.121. The lowest BCUT2D eigenvalue weighted by Gasteiger charge is -2.15. The van der Waals surface area contributed by atoms with Crippen LogP contribution in [0.3, 0.4) is 0 Å². The summed E-state index contributed by atoms with van der Waals surface area (Å²) in [6.07, 6.45) is -1.08. The molecule has 0 spiro atoms. The smallest absolute Gasteiger partial charge is 0.444 e. The molecule has 140 valence electrons. The Balaban J connectivity index is 1.71. The second kappa shape index (κ2) is 7.77. The van der Waals surface area contributed by atoms with E-state index in [0.717, 1.165) is 15.8 Å². The van der Waals surface area contributed by atoms with Gasteiger partial charge in [-0.05, 0) is 43.2 Å². The number of benzene rings is 2. The van der Waals surface area contributed by atoms with E-state index in [9.17, 15) is 9.59 Å². The van der Waals surface area contributed by atoms with Gasteiger partial charge in [0.05, 0.1) is 12.8 Å². The molecule has 0 bridgehead atoms. The summed E-state index contributed by atoms with van der Waals surface area (Å²) in [6.45, 7) is 3.59. The van der Waals surface area contributed by atoms with Crippen LogP contribution >= 0.6 is 0 Å². The third-order valence-corrected chi connectivity index (χ3v) is 3.95. The number of anilines is 1. The van der Waals surface area contributed by atoms with Gasteiger partial charge in [-0.25, -0.2) is 9.59 Å². The molecule has 1 unspecified atom stereocenters. The molecule has 8 heteroatoms. The first-order valence-corrected chi connectivity index (χ1v) is 8.25. The SMILES string of the molecule is COc1nn(-c2ccc(NC(=O)OC(C)c3ccccc3)c(C)c2)c(=O)o1. The highest BCUT2D eigenvalue weighted by molar-refractivity contribution is 5.86. The fourth-order valence-electron chi connectivity index (χ4n) is 2.52. The van der Waals surface area contributed by atoms with Crippen LogP contribution in [-0.2, 0) is 4.74 Å². The van der Waals surface area contributed by atoms with Gasteiger partial charge in [-0.3, -0.25) is 5.32 Å². The minimum Gasteiger partial charge on any atom is -0.452 e. The zero-order valence-corrected chi connectivity index (χ0v) is 15.1. The van der Waals surface area contributed by atoms with Gasteiger partial charge in [0.25, 0.3) is 0 Å². The van der Waals surface area contributed by atoms with E-state index in [1.807, 2.05) is 30.3 Å². The average molecular weight is 369 g/mol. The maximum absolute atomic E-state index is 12.2. The Hall–Kier alpha value is -3.55. The van der Waals surface area contributed by atoms with E-state index in [-0.39, 0.29) is 12.2 Å². The van der Waals surface area contributed by atoms with E-state index in [0.29, 0.717) is 11.4 Å². The lowest BCUT2D eigenvalue weighted by Crippen LogP contribution is -2.17. The zero-order chi connectivity index (χ0) is 19.4. The molecule has 0 saturated heterocycles. The molecule has 2 aromatic carbocycles. The molecule has 0 aliphatic heterocycles. The molecule has 1 heterocycles. The first-order chi connectivity index (χ1) is 13.0. The third kappa shape index (κ3) is 4.17. The molecule has 1 atom stereocenters. The summed E-state index contributed by atoms with van der Waals surface area (Å²) >= 11 is 0. The quantitative estimate of drug-likeness (QED) is 0.740. The molecule has 0 fully saturated rings. The molecule has 0 aliphatic rings. The number of methoxy groups -OCH3 is 1. The van der Waals surface area contributed by atoms with Gasteiger partial charge in [-0.1, -0.05) is 35.4 Å². The van der Waals surface area contributed by atoms with E-state index >= 15 is 0 Å². The van der Waals surface area contributed by atoms with Crippen molar-refractivity contribution in [3.63, 3.8) is 0 Å². The maximum atomic E-state index is 12.2. The molecule has 0 aliphatic carbocycles. The highest BCUT2D eigenvalue weighted by atomic mass is 16.6. The standard InChI is InChI=1S/C19H19N3O5/c1-12-11-15(22-19(24)27-18(21-22)25-3)9-10-16(12)20-17(23)26-13(2)14-7-5-4-6-8-14/h4-11,13H,1-3H3,(H,20,23). The number of nitrogens with one attached hydrogen (secondary N) is 1. The van der Waals surface area contributed by atoms with E-state index in [4.69, 9.17) is 13.9 Å². The predicted octanol–water partition coefficient (Wildman–Crippen LogP) is 3.45. The Kier molecular flexibility index (Phi) is 5.25. The third-order valence-electron chi connectivity index (χ3n) is 3.95. The van der Waals surface area contributed by atoms with Gasteiger partial charge in [-0.2, -0.15) is 4.68 Å². The van der Waals surface area contributed by atoms with Gasteiger partial charge in [0, 0.05) is 5.69 Å². The van der Waals surface area contributed by atoms with Gasteiger partial charge < -0.3 is 13.9 Å². The van der Waals surface area contributed by atoms with Crippen LogP contribution in [0.1, 0.15) is 24.2 Å². The van der Waals surface area contributed by atoms with Crippen LogP contribution in [-0.4, -0.2) is 23.0 Å². The van der Waals surface area contributed by atoms with Crippen molar-refractivity contribution in [3.05, 3.63) is 70.2 Å². The number of nitrogens with zero attached hydrogens (tertiary/aromatic N) is 2. The summed E-state index contributed by atoms with van der Waals surface area (Å²) in [4.78, 5) is 24.0. The molecular formula is C19H19N3O5. The molecule has 1 aromatic heterocycles.